The molecular weight excluding hydrogens is 232 g/mol. The molecule has 2 nitrogen and oxygen atoms in total. The summed E-state index contributed by atoms with van der Waals surface area (Å²) in [5.41, 5.74) is 0. The zero-order valence-electron chi connectivity index (χ0n) is 13.3. The molecule has 0 aromatic heterocycles. The maximum absolute atomic E-state index is 3.74. The standard InChI is InChI=1S/C17H34N2/c1-4-14(2)17-13-19(15(3)12-18-17)11-7-10-16-8-5-6-9-16/h14-18H,4-13H2,1-3H3. The third-order valence-electron chi connectivity index (χ3n) is 5.59. The van der Waals surface area contributed by atoms with Crippen molar-refractivity contribution in [1.29, 1.82) is 0 Å². The molecule has 0 spiro atoms. The SMILES string of the molecule is CCC(C)C1CN(CCCC2CCCC2)C(C)CN1. The Morgan fingerprint density at radius 2 is 2.00 bits per heavy atom. The van der Waals surface area contributed by atoms with Gasteiger partial charge in [0, 0.05) is 25.2 Å². The van der Waals surface area contributed by atoms with E-state index in [0.29, 0.717) is 6.04 Å². The highest BCUT2D eigenvalue weighted by molar-refractivity contribution is 4.86. The normalized spacial score (nSPS) is 31.7. The number of nitrogens with zero attached hydrogens (tertiary/aromatic N) is 1. The molecule has 0 amide bonds. The summed E-state index contributed by atoms with van der Waals surface area (Å²) in [6.07, 6.45) is 10.2. The molecule has 1 heterocycles. The second-order valence-corrected chi connectivity index (χ2v) is 7.04. The summed E-state index contributed by atoms with van der Waals surface area (Å²) in [4.78, 5) is 2.74. The third-order valence-corrected chi connectivity index (χ3v) is 5.59. The molecule has 1 aliphatic carbocycles. The van der Waals surface area contributed by atoms with Gasteiger partial charge in [-0.2, -0.15) is 0 Å². The van der Waals surface area contributed by atoms with E-state index in [1.54, 1.807) is 0 Å². The van der Waals surface area contributed by atoms with Crippen LogP contribution in [0, 0.1) is 11.8 Å². The van der Waals surface area contributed by atoms with E-state index in [9.17, 15) is 0 Å². The zero-order valence-corrected chi connectivity index (χ0v) is 13.3. The van der Waals surface area contributed by atoms with Crippen molar-refractivity contribution in [1.82, 2.24) is 10.2 Å². The van der Waals surface area contributed by atoms with Crippen LogP contribution >= 0.6 is 0 Å². The lowest BCUT2D eigenvalue weighted by molar-refractivity contribution is 0.115. The van der Waals surface area contributed by atoms with Crippen LogP contribution in [0.25, 0.3) is 0 Å². The molecule has 2 fully saturated rings. The molecule has 2 heteroatoms. The maximum Gasteiger partial charge on any atom is 0.0221 e. The number of hydrogen-bond acceptors (Lipinski definition) is 2. The highest BCUT2D eigenvalue weighted by atomic mass is 15.2. The molecule has 2 aliphatic rings. The highest BCUT2D eigenvalue weighted by Crippen LogP contribution is 2.28. The summed E-state index contributed by atoms with van der Waals surface area (Å²) in [5.74, 6) is 1.87. The van der Waals surface area contributed by atoms with Gasteiger partial charge in [-0.3, -0.25) is 4.90 Å². The van der Waals surface area contributed by atoms with E-state index in [-0.39, 0.29) is 0 Å². The molecule has 1 saturated heterocycles. The summed E-state index contributed by atoms with van der Waals surface area (Å²) in [7, 11) is 0. The Labute approximate surface area is 120 Å². The highest BCUT2D eigenvalue weighted by Gasteiger charge is 2.27. The largest absolute Gasteiger partial charge is 0.311 e. The van der Waals surface area contributed by atoms with Gasteiger partial charge in [-0.25, -0.2) is 0 Å². The van der Waals surface area contributed by atoms with Gasteiger partial charge in [-0.05, 0) is 38.1 Å². The average Bonchev–Trinajstić information content (AvgIpc) is 2.93. The van der Waals surface area contributed by atoms with Gasteiger partial charge in [-0.1, -0.05) is 46.0 Å². The van der Waals surface area contributed by atoms with E-state index in [0.717, 1.165) is 17.9 Å². The van der Waals surface area contributed by atoms with Crippen molar-refractivity contribution in [2.75, 3.05) is 19.6 Å². The Morgan fingerprint density at radius 3 is 2.68 bits per heavy atom. The molecule has 3 atom stereocenters. The Balaban J connectivity index is 1.70. The van der Waals surface area contributed by atoms with Crippen LogP contribution in [0.15, 0.2) is 0 Å². The van der Waals surface area contributed by atoms with Crippen LogP contribution in [0.3, 0.4) is 0 Å². The molecule has 19 heavy (non-hydrogen) atoms. The number of hydrogen-bond donors (Lipinski definition) is 1. The molecule has 0 aromatic rings. The number of piperazine rings is 1. The molecule has 1 aliphatic heterocycles. The smallest absolute Gasteiger partial charge is 0.0221 e. The first kappa shape index (κ1) is 15.3. The summed E-state index contributed by atoms with van der Waals surface area (Å²) in [6, 6.07) is 1.44. The Bertz CT molecular complexity index is 248. The van der Waals surface area contributed by atoms with E-state index in [1.165, 1.54) is 64.6 Å². The van der Waals surface area contributed by atoms with E-state index in [2.05, 4.69) is 31.0 Å². The predicted octanol–water partition coefficient (Wildman–Crippen LogP) is 3.67. The van der Waals surface area contributed by atoms with Gasteiger partial charge in [0.15, 0.2) is 0 Å². The Kier molecular flexibility index (Phi) is 6.15. The molecule has 0 aromatic carbocycles. The van der Waals surface area contributed by atoms with Gasteiger partial charge in [0.05, 0.1) is 0 Å². The third kappa shape index (κ3) is 4.46. The summed E-state index contributed by atoms with van der Waals surface area (Å²) in [6.45, 7) is 10.9. The van der Waals surface area contributed by atoms with Crippen LogP contribution in [0.2, 0.25) is 0 Å². The van der Waals surface area contributed by atoms with Crippen molar-refractivity contribution in [3.8, 4) is 0 Å². The lowest BCUT2D eigenvalue weighted by atomic mass is 9.95. The van der Waals surface area contributed by atoms with Crippen LogP contribution in [-0.4, -0.2) is 36.6 Å². The lowest BCUT2D eigenvalue weighted by Gasteiger charge is -2.41. The molecule has 1 N–H and O–H groups in total. The first-order valence-electron chi connectivity index (χ1n) is 8.68. The summed E-state index contributed by atoms with van der Waals surface area (Å²) < 4.78 is 0. The summed E-state index contributed by atoms with van der Waals surface area (Å²) in [5, 5.41) is 3.74. The fourth-order valence-corrected chi connectivity index (χ4v) is 3.81. The number of rotatable bonds is 6. The van der Waals surface area contributed by atoms with Crippen LogP contribution in [0.5, 0.6) is 0 Å². The minimum atomic E-state index is 0.715. The van der Waals surface area contributed by atoms with E-state index < -0.39 is 0 Å². The van der Waals surface area contributed by atoms with Gasteiger partial charge in [0.2, 0.25) is 0 Å². The van der Waals surface area contributed by atoms with Gasteiger partial charge in [0.25, 0.3) is 0 Å². The second kappa shape index (κ2) is 7.64. The van der Waals surface area contributed by atoms with Crippen molar-refractivity contribution < 1.29 is 0 Å². The molecule has 0 radical (unpaired) electrons. The predicted molar refractivity (Wildman–Crippen MR) is 83.5 cm³/mol. The molecule has 0 bridgehead atoms. The van der Waals surface area contributed by atoms with Gasteiger partial charge >= 0.3 is 0 Å². The van der Waals surface area contributed by atoms with Gasteiger partial charge < -0.3 is 5.32 Å². The molecule has 1 saturated carbocycles. The van der Waals surface area contributed by atoms with E-state index >= 15 is 0 Å². The molecule has 2 rings (SSSR count). The van der Waals surface area contributed by atoms with Crippen molar-refractivity contribution in [3.63, 3.8) is 0 Å². The Hall–Kier alpha value is -0.0800. The number of nitrogens with one attached hydrogen (secondary N) is 1. The van der Waals surface area contributed by atoms with Crippen molar-refractivity contribution >= 4 is 0 Å². The molecular formula is C17H34N2. The van der Waals surface area contributed by atoms with Crippen LogP contribution in [0.1, 0.15) is 65.7 Å². The first-order valence-corrected chi connectivity index (χ1v) is 8.68. The fourth-order valence-electron chi connectivity index (χ4n) is 3.81. The topological polar surface area (TPSA) is 15.3 Å². The van der Waals surface area contributed by atoms with Crippen molar-refractivity contribution in [2.24, 2.45) is 11.8 Å². The summed E-state index contributed by atoms with van der Waals surface area (Å²) >= 11 is 0. The van der Waals surface area contributed by atoms with Crippen LogP contribution < -0.4 is 5.32 Å². The monoisotopic (exact) mass is 266 g/mol. The fraction of sp³-hybridized carbons (Fsp3) is 1.00. The molecule has 3 unspecified atom stereocenters. The van der Waals surface area contributed by atoms with Crippen molar-refractivity contribution in [2.45, 2.75) is 77.8 Å². The van der Waals surface area contributed by atoms with E-state index in [4.69, 9.17) is 0 Å². The Morgan fingerprint density at radius 1 is 1.26 bits per heavy atom. The zero-order chi connectivity index (χ0) is 13.7. The first-order chi connectivity index (χ1) is 9.20. The van der Waals surface area contributed by atoms with Crippen LogP contribution in [0.4, 0.5) is 0 Å². The van der Waals surface area contributed by atoms with Gasteiger partial charge in [-0.15, -0.1) is 0 Å². The van der Waals surface area contributed by atoms with E-state index in [1.807, 2.05) is 0 Å². The average molecular weight is 266 g/mol. The van der Waals surface area contributed by atoms with Gasteiger partial charge in [0.1, 0.15) is 0 Å². The lowest BCUT2D eigenvalue weighted by Crippen LogP contribution is -2.57. The van der Waals surface area contributed by atoms with Crippen LogP contribution in [-0.2, 0) is 0 Å². The second-order valence-electron chi connectivity index (χ2n) is 7.04. The van der Waals surface area contributed by atoms with Crippen molar-refractivity contribution in [3.05, 3.63) is 0 Å². The maximum atomic E-state index is 3.74. The molecule has 112 valence electrons. The minimum absolute atomic E-state index is 0.715. The quantitative estimate of drug-likeness (QED) is 0.789. The minimum Gasteiger partial charge on any atom is -0.311 e.